The summed E-state index contributed by atoms with van der Waals surface area (Å²) in [6.07, 6.45) is 9.12. The van der Waals surface area contributed by atoms with Crippen molar-refractivity contribution in [2.45, 2.75) is 45.4 Å². The number of rotatable bonds is 6. The molecule has 4 heteroatoms. The first-order chi connectivity index (χ1) is 8.70. The number of allylic oxidation sites excluding steroid dienone is 1. The van der Waals surface area contributed by atoms with Crippen LogP contribution in [0.4, 0.5) is 0 Å². The molecule has 1 aliphatic carbocycles. The van der Waals surface area contributed by atoms with Crippen molar-refractivity contribution >= 4 is 5.91 Å². The van der Waals surface area contributed by atoms with Crippen molar-refractivity contribution in [2.75, 3.05) is 19.6 Å². The quantitative estimate of drug-likeness (QED) is 0.579. The number of hydrogen-bond acceptors (Lipinski definition) is 3. The minimum Gasteiger partial charge on any atom is -0.341 e. The van der Waals surface area contributed by atoms with Crippen LogP contribution >= 0.6 is 0 Å². The number of hydrogen-bond donors (Lipinski definition) is 1. The van der Waals surface area contributed by atoms with Gasteiger partial charge in [0.25, 0.3) is 0 Å². The molecule has 2 rings (SSSR count). The van der Waals surface area contributed by atoms with Crippen LogP contribution in [0.1, 0.15) is 45.4 Å². The summed E-state index contributed by atoms with van der Waals surface area (Å²) in [5.41, 5.74) is 1.43. The molecule has 2 fully saturated rings. The molecule has 102 valence electrons. The van der Waals surface area contributed by atoms with Crippen LogP contribution < -0.4 is 5.84 Å². The topological polar surface area (TPSA) is 49.6 Å². The summed E-state index contributed by atoms with van der Waals surface area (Å²) in [6.45, 7) is 4.31. The summed E-state index contributed by atoms with van der Waals surface area (Å²) >= 11 is 0. The lowest BCUT2D eigenvalue weighted by Gasteiger charge is -2.20. The maximum absolute atomic E-state index is 12.0. The van der Waals surface area contributed by atoms with Crippen molar-refractivity contribution in [3.63, 3.8) is 0 Å². The van der Waals surface area contributed by atoms with Gasteiger partial charge in [-0.05, 0) is 43.6 Å². The van der Waals surface area contributed by atoms with Crippen LogP contribution in [0.2, 0.25) is 0 Å². The van der Waals surface area contributed by atoms with Crippen LogP contribution in [0.15, 0.2) is 11.8 Å². The molecule has 0 aromatic heterocycles. The Morgan fingerprint density at radius 1 is 1.39 bits per heavy atom. The van der Waals surface area contributed by atoms with Gasteiger partial charge in [-0.15, -0.1) is 0 Å². The van der Waals surface area contributed by atoms with Gasteiger partial charge in [0.2, 0.25) is 5.91 Å². The summed E-state index contributed by atoms with van der Waals surface area (Å²) in [7, 11) is 0. The third kappa shape index (κ3) is 3.73. The molecule has 4 nitrogen and oxygen atoms in total. The normalized spacial score (nSPS) is 20.3. The fraction of sp³-hybridized carbons (Fsp3) is 0.786. The van der Waals surface area contributed by atoms with E-state index in [2.05, 4.69) is 6.92 Å². The van der Waals surface area contributed by atoms with Gasteiger partial charge in [-0.2, -0.15) is 0 Å². The average Bonchev–Trinajstić information content (AvgIpc) is 3.03. The molecule has 1 amide bonds. The lowest BCUT2D eigenvalue weighted by molar-refractivity contribution is -0.130. The molecule has 1 saturated heterocycles. The molecule has 1 saturated carbocycles. The Labute approximate surface area is 110 Å². The number of hydrazine groups is 1. The second kappa shape index (κ2) is 6.23. The van der Waals surface area contributed by atoms with Crippen LogP contribution in [0.25, 0.3) is 0 Å². The van der Waals surface area contributed by atoms with Gasteiger partial charge in [0.05, 0.1) is 0 Å². The zero-order valence-corrected chi connectivity index (χ0v) is 11.4. The predicted molar refractivity (Wildman–Crippen MR) is 72.4 cm³/mol. The maximum Gasteiger partial charge on any atom is 0.243 e. The fourth-order valence-corrected chi connectivity index (χ4v) is 2.60. The molecule has 18 heavy (non-hydrogen) atoms. The zero-order valence-electron chi connectivity index (χ0n) is 11.4. The number of nitrogens with zero attached hydrogens (tertiary/aromatic N) is 2. The van der Waals surface area contributed by atoms with Crippen molar-refractivity contribution in [3.05, 3.63) is 11.8 Å². The van der Waals surface area contributed by atoms with Crippen LogP contribution in [-0.2, 0) is 4.79 Å². The minimum absolute atomic E-state index is 0.165. The molecule has 0 aromatic carbocycles. The van der Waals surface area contributed by atoms with E-state index in [1.54, 1.807) is 5.01 Å². The van der Waals surface area contributed by atoms with Crippen molar-refractivity contribution < 1.29 is 4.79 Å². The second-order valence-corrected chi connectivity index (χ2v) is 5.49. The van der Waals surface area contributed by atoms with Gasteiger partial charge in [-0.3, -0.25) is 4.79 Å². The van der Waals surface area contributed by atoms with Gasteiger partial charge >= 0.3 is 0 Å². The molecule has 0 unspecified atom stereocenters. The highest BCUT2D eigenvalue weighted by Crippen LogP contribution is 2.38. The Morgan fingerprint density at radius 3 is 2.61 bits per heavy atom. The average molecular weight is 251 g/mol. The van der Waals surface area contributed by atoms with E-state index in [1.807, 2.05) is 11.1 Å². The molecule has 1 aliphatic heterocycles. The highest BCUT2D eigenvalue weighted by Gasteiger charge is 2.26. The van der Waals surface area contributed by atoms with E-state index >= 15 is 0 Å². The summed E-state index contributed by atoms with van der Waals surface area (Å²) in [5.74, 6) is 6.85. The number of carbonyl (C=O) groups excluding carboxylic acids is 1. The maximum atomic E-state index is 12.0. The summed E-state index contributed by atoms with van der Waals surface area (Å²) in [5, 5.41) is 1.59. The summed E-state index contributed by atoms with van der Waals surface area (Å²) in [6, 6.07) is 0. The van der Waals surface area contributed by atoms with E-state index in [9.17, 15) is 4.79 Å². The number of nitrogens with two attached hydrogens (primary N) is 1. The van der Waals surface area contributed by atoms with Crippen molar-refractivity contribution in [1.29, 1.82) is 0 Å². The second-order valence-electron chi connectivity index (χ2n) is 5.49. The van der Waals surface area contributed by atoms with Crippen LogP contribution in [0.3, 0.4) is 0 Å². The molecule has 0 aromatic rings. The van der Waals surface area contributed by atoms with Crippen LogP contribution in [0.5, 0.6) is 0 Å². The van der Waals surface area contributed by atoms with Crippen LogP contribution in [-0.4, -0.2) is 35.5 Å². The lowest BCUT2D eigenvalue weighted by atomic mass is 10.1. The van der Waals surface area contributed by atoms with Gasteiger partial charge in [0.1, 0.15) is 6.54 Å². The first kappa shape index (κ1) is 13.4. The minimum atomic E-state index is 0.165. The van der Waals surface area contributed by atoms with Gasteiger partial charge in [0, 0.05) is 19.3 Å². The van der Waals surface area contributed by atoms with Gasteiger partial charge in [-0.25, -0.2) is 5.84 Å². The molecule has 0 atom stereocenters. The smallest absolute Gasteiger partial charge is 0.243 e. The third-order valence-corrected chi connectivity index (χ3v) is 3.75. The van der Waals surface area contributed by atoms with Crippen molar-refractivity contribution in [1.82, 2.24) is 9.91 Å². The summed E-state index contributed by atoms with van der Waals surface area (Å²) < 4.78 is 0. The van der Waals surface area contributed by atoms with Crippen LogP contribution in [0, 0.1) is 5.92 Å². The van der Waals surface area contributed by atoms with E-state index < -0.39 is 0 Å². The van der Waals surface area contributed by atoms with Gasteiger partial charge < -0.3 is 9.91 Å². The fourth-order valence-electron chi connectivity index (χ4n) is 2.60. The Balaban J connectivity index is 1.83. The highest BCUT2D eigenvalue weighted by atomic mass is 16.2. The predicted octanol–water partition coefficient (Wildman–Crippen LogP) is 1.88. The number of carbonyl (C=O) groups is 1. The molecule has 1 heterocycles. The van der Waals surface area contributed by atoms with Crippen molar-refractivity contribution in [2.24, 2.45) is 11.8 Å². The zero-order chi connectivity index (χ0) is 13.0. The first-order valence-corrected chi connectivity index (χ1v) is 7.20. The molecular formula is C14H25N3O. The largest absolute Gasteiger partial charge is 0.341 e. The standard InChI is InChI=1S/C14H25N3O/c1-2-5-13(12-6-7-12)10-17(15)11-14(18)16-8-3-4-9-16/h10,12H,2-9,11,15H2,1H3/b13-10+. The molecule has 0 bridgehead atoms. The Bertz CT molecular complexity index is 317. The molecule has 0 radical (unpaired) electrons. The Kier molecular flexibility index (Phi) is 4.64. The van der Waals surface area contributed by atoms with Gasteiger partial charge in [0.15, 0.2) is 0 Å². The Morgan fingerprint density at radius 2 is 2.06 bits per heavy atom. The summed E-state index contributed by atoms with van der Waals surface area (Å²) in [4.78, 5) is 13.9. The molecule has 2 aliphatic rings. The number of likely N-dealkylation sites (tertiary alicyclic amines) is 1. The lowest BCUT2D eigenvalue weighted by Crippen LogP contribution is -2.39. The highest BCUT2D eigenvalue weighted by molar-refractivity contribution is 5.78. The molecule has 0 spiro atoms. The number of amides is 1. The van der Waals surface area contributed by atoms with Crippen molar-refractivity contribution in [3.8, 4) is 0 Å². The first-order valence-electron chi connectivity index (χ1n) is 7.20. The monoisotopic (exact) mass is 251 g/mol. The SMILES string of the molecule is CCC/C(=C\N(N)CC(=O)N1CCCC1)C1CC1. The van der Waals surface area contributed by atoms with E-state index in [4.69, 9.17) is 5.84 Å². The molecule has 2 N–H and O–H groups in total. The van der Waals surface area contributed by atoms with E-state index in [1.165, 1.54) is 18.4 Å². The van der Waals surface area contributed by atoms with E-state index in [-0.39, 0.29) is 5.91 Å². The van der Waals surface area contributed by atoms with E-state index in [0.717, 1.165) is 44.7 Å². The van der Waals surface area contributed by atoms with E-state index in [0.29, 0.717) is 6.54 Å². The third-order valence-electron chi connectivity index (χ3n) is 3.75. The van der Waals surface area contributed by atoms with Gasteiger partial charge in [-0.1, -0.05) is 13.3 Å². The molecular weight excluding hydrogens is 226 g/mol. The Hall–Kier alpha value is -1.03.